The quantitative estimate of drug-likeness (QED) is 0.543. The van der Waals surface area contributed by atoms with Gasteiger partial charge in [-0.2, -0.15) is 12.6 Å². The zero-order chi connectivity index (χ0) is 10.7. The van der Waals surface area contributed by atoms with Crippen molar-refractivity contribution < 1.29 is 0 Å². The van der Waals surface area contributed by atoms with Gasteiger partial charge < -0.3 is 0 Å². The number of hydrogen-bond acceptors (Lipinski definition) is 1. The Bertz CT molecular complexity index is 187. The van der Waals surface area contributed by atoms with Crippen LogP contribution in [0.2, 0.25) is 0 Å². The molecular weight excluding hydrogens is 219 g/mol. The van der Waals surface area contributed by atoms with Gasteiger partial charge in [0.15, 0.2) is 0 Å². The topological polar surface area (TPSA) is 0 Å². The Morgan fingerprint density at radius 3 is 2.33 bits per heavy atom. The van der Waals surface area contributed by atoms with E-state index in [0.29, 0.717) is 5.25 Å². The van der Waals surface area contributed by atoms with Gasteiger partial charge in [0.25, 0.3) is 0 Å². The summed E-state index contributed by atoms with van der Waals surface area (Å²) in [5.41, 5.74) is 0.921. The third-order valence-electron chi connectivity index (χ3n) is 4.31. The number of thiol groups is 1. The zero-order valence-corrected chi connectivity index (χ0v) is 11.7. The summed E-state index contributed by atoms with van der Waals surface area (Å²) in [4.78, 5) is 0. The predicted molar refractivity (Wildman–Crippen MR) is 74.8 cm³/mol. The van der Waals surface area contributed by atoms with Crippen molar-refractivity contribution >= 4 is 21.9 Å². The molecule has 2 aliphatic carbocycles. The maximum atomic E-state index is 4.58. The molecule has 0 spiro atoms. The van der Waals surface area contributed by atoms with E-state index in [-0.39, 0.29) is 0 Å². The van der Waals surface area contributed by atoms with Gasteiger partial charge in [0.1, 0.15) is 0 Å². The molecule has 0 aliphatic heterocycles. The van der Waals surface area contributed by atoms with Crippen LogP contribution in [0.1, 0.15) is 57.8 Å². The van der Waals surface area contributed by atoms with Crippen molar-refractivity contribution in [2.24, 2.45) is 11.8 Å². The van der Waals surface area contributed by atoms with Gasteiger partial charge in [0, 0.05) is 5.25 Å². The van der Waals surface area contributed by atoms with Crippen molar-refractivity contribution in [1.29, 1.82) is 0 Å². The van der Waals surface area contributed by atoms with Crippen LogP contribution in [0.4, 0.5) is 0 Å². The molecule has 0 N–H and O–H groups in total. The van der Waals surface area contributed by atoms with Crippen molar-refractivity contribution in [2.45, 2.75) is 68.7 Å². The Balaban J connectivity index is 1.71. The highest BCUT2D eigenvalue weighted by molar-refractivity contribution is 7.80. The molecule has 15 heavy (non-hydrogen) atoms. The summed E-state index contributed by atoms with van der Waals surface area (Å²) in [6, 6.07) is 0. The maximum Gasteiger partial charge on any atom is 0.00170 e. The molecule has 2 fully saturated rings. The van der Waals surface area contributed by atoms with E-state index in [4.69, 9.17) is 0 Å². The highest BCUT2D eigenvalue weighted by Crippen LogP contribution is 2.37. The van der Waals surface area contributed by atoms with E-state index < -0.39 is 0 Å². The summed E-state index contributed by atoms with van der Waals surface area (Å²) in [5.74, 6) is 2.08. The summed E-state index contributed by atoms with van der Waals surface area (Å²) in [6.07, 6.45) is 13.1. The molecule has 88 valence electrons. The molecule has 0 radical (unpaired) electrons. The predicted octanol–water partition coefficient (Wildman–Crippen LogP) is 4.30. The van der Waals surface area contributed by atoms with E-state index in [9.17, 15) is 0 Å². The van der Waals surface area contributed by atoms with Crippen molar-refractivity contribution in [3.05, 3.63) is 0 Å². The van der Waals surface area contributed by atoms with Crippen molar-refractivity contribution in [1.82, 2.24) is 0 Å². The summed E-state index contributed by atoms with van der Waals surface area (Å²) in [6.45, 7) is 0. The molecule has 3 atom stereocenters. The highest BCUT2D eigenvalue weighted by atomic mass is 32.1. The summed E-state index contributed by atoms with van der Waals surface area (Å²) in [5, 5.41) is 0.710. The van der Waals surface area contributed by atoms with E-state index in [1.807, 2.05) is 0 Å². The van der Waals surface area contributed by atoms with Gasteiger partial charge in [0.05, 0.1) is 0 Å². The summed E-state index contributed by atoms with van der Waals surface area (Å²) >= 11 is 4.58. The van der Waals surface area contributed by atoms with E-state index in [1.165, 1.54) is 57.8 Å². The third-order valence-corrected chi connectivity index (χ3v) is 5.43. The minimum absolute atomic E-state index is 0.710. The van der Waals surface area contributed by atoms with Gasteiger partial charge >= 0.3 is 0 Å². The normalized spacial score (nSPS) is 42.8. The summed E-state index contributed by atoms with van der Waals surface area (Å²) in [7, 11) is 3.04. The van der Waals surface area contributed by atoms with Crippen molar-refractivity contribution in [3.63, 3.8) is 0 Å². The van der Waals surface area contributed by atoms with Crippen LogP contribution in [-0.2, 0) is 0 Å². The molecular formula is C13H25PS. The maximum absolute atomic E-state index is 4.58. The Kier molecular flexibility index (Phi) is 4.83. The van der Waals surface area contributed by atoms with Gasteiger partial charge in [-0.3, -0.25) is 0 Å². The molecule has 0 saturated heterocycles. The fourth-order valence-corrected chi connectivity index (χ4v) is 4.32. The Morgan fingerprint density at radius 2 is 1.67 bits per heavy atom. The first-order chi connectivity index (χ1) is 7.24. The van der Waals surface area contributed by atoms with Gasteiger partial charge in [-0.15, -0.1) is 9.24 Å². The van der Waals surface area contributed by atoms with Gasteiger partial charge in [0.2, 0.25) is 0 Å². The summed E-state index contributed by atoms with van der Waals surface area (Å²) < 4.78 is 0. The van der Waals surface area contributed by atoms with E-state index in [2.05, 4.69) is 21.9 Å². The van der Waals surface area contributed by atoms with Gasteiger partial charge in [-0.25, -0.2) is 0 Å². The van der Waals surface area contributed by atoms with Crippen LogP contribution in [0, 0.1) is 11.8 Å². The SMILES string of the molecule is PC1CCCC(CC2CCC(S)CC2)C1. The smallest absolute Gasteiger partial charge is 0.00170 e. The van der Waals surface area contributed by atoms with Crippen molar-refractivity contribution in [3.8, 4) is 0 Å². The second-order valence-corrected chi connectivity index (χ2v) is 7.38. The second-order valence-electron chi connectivity index (χ2n) is 5.70. The van der Waals surface area contributed by atoms with Crippen LogP contribution in [0.5, 0.6) is 0 Å². The lowest BCUT2D eigenvalue weighted by atomic mass is 9.77. The standard InChI is InChI=1S/C13H25PS/c14-12-3-1-2-11(9-12)8-10-4-6-13(15)7-5-10/h10-13,15H,1-9,14H2. The molecule has 0 heterocycles. The molecule has 0 aromatic carbocycles. The largest absolute Gasteiger partial charge is 0.176 e. The van der Waals surface area contributed by atoms with E-state index in [1.54, 1.807) is 0 Å². The fraction of sp³-hybridized carbons (Fsp3) is 1.00. The number of hydrogen-bond donors (Lipinski definition) is 1. The second kappa shape index (κ2) is 5.92. The zero-order valence-electron chi connectivity index (χ0n) is 9.70. The van der Waals surface area contributed by atoms with E-state index >= 15 is 0 Å². The first kappa shape index (κ1) is 12.2. The Hall–Kier alpha value is 0.780. The average Bonchev–Trinajstić information content (AvgIpc) is 2.22. The number of rotatable bonds is 2. The Morgan fingerprint density at radius 1 is 0.933 bits per heavy atom. The van der Waals surface area contributed by atoms with Gasteiger partial charge in [-0.05, 0) is 62.4 Å². The molecule has 0 aromatic heterocycles. The minimum Gasteiger partial charge on any atom is -0.176 e. The molecule has 0 bridgehead atoms. The average molecular weight is 244 g/mol. The molecule has 2 saturated carbocycles. The molecule has 2 heteroatoms. The van der Waals surface area contributed by atoms with Crippen LogP contribution in [-0.4, -0.2) is 10.9 Å². The first-order valence-corrected chi connectivity index (χ1v) is 7.86. The lowest BCUT2D eigenvalue weighted by molar-refractivity contribution is 0.250. The molecule has 3 unspecified atom stereocenters. The molecule has 0 nitrogen and oxygen atoms in total. The minimum atomic E-state index is 0.710. The molecule has 0 amide bonds. The van der Waals surface area contributed by atoms with Gasteiger partial charge in [-0.1, -0.05) is 12.8 Å². The first-order valence-electron chi connectivity index (χ1n) is 6.67. The van der Waals surface area contributed by atoms with Crippen LogP contribution < -0.4 is 0 Å². The molecule has 0 aromatic rings. The monoisotopic (exact) mass is 244 g/mol. The van der Waals surface area contributed by atoms with Crippen LogP contribution in [0.3, 0.4) is 0 Å². The Labute approximate surface area is 103 Å². The van der Waals surface area contributed by atoms with E-state index in [0.717, 1.165) is 17.5 Å². The lowest BCUT2D eigenvalue weighted by Gasteiger charge is -2.32. The third kappa shape index (κ3) is 3.93. The van der Waals surface area contributed by atoms with Crippen LogP contribution >= 0.6 is 21.9 Å². The highest BCUT2D eigenvalue weighted by Gasteiger charge is 2.25. The van der Waals surface area contributed by atoms with Crippen LogP contribution in [0.15, 0.2) is 0 Å². The molecule has 2 aliphatic rings. The lowest BCUT2D eigenvalue weighted by Crippen LogP contribution is -2.21. The van der Waals surface area contributed by atoms with Crippen molar-refractivity contribution in [2.75, 3.05) is 0 Å². The fourth-order valence-electron chi connectivity index (χ4n) is 3.40. The van der Waals surface area contributed by atoms with Crippen LogP contribution in [0.25, 0.3) is 0 Å². The molecule has 2 rings (SSSR count).